The molecule has 0 aromatic carbocycles. The van der Waals surface area contributed by atoms with Crippen LogP contribution in [0.15, 0.2) is 11.5 Å². The number of hydrogen-bond donors (Lipinski definition) is 2. The van der Waals surface area contributed by atoms with Crippen LogP contribution in [0.2, 0.25) is 0 Å². The van der Waals surface area contributed by atoms with Crippen LogP contribution in [0.25, 0.3) is 0 Å². The molecule has 0 saturated heterocycles. The number of aromatic nitrogens is 3. The first kappa shape index (κ1) is 6.17. The summed E-state index contributed by atoms with van der Waals surface area (Å²) in [5.74, 6) is 0. The van der Waals surface area contributed by atoms with E-state index in [9.17, 15) is 8.42 Å². The van der Waals surface area contributed by atoms with Crippen molar-refractivity contribution in [1.29, 1.82) is 0 Å². The van der Waals surface area contributed by atoms with Crippen LogP contribution in [0.5, 0.6) is 0 Å². The molecule has 50 valence electrons. The highest BCUT2D eigenvalue weighted by atomic mass is 32.2. The number of nitrogens with zero attached hydrogens (tertiary/aromatic N) is 2. The predicted molar refractivity (Wildman–Crippen MR) is 26.2 cm³/mol. The number of nitrogens with one attached hydrogen (secondary N) is 1. The molecule has 1 heterocycles. The maximum atomic E-state index is 10.1. The smallest absolute Gasteiger partial charge is 0.316 e. The van der Waals surface area contributed by atoms with Crippen molar-refractivity contribution in [3.05, 3.63) is 6.33 Å². The van der Waals surface area contributed by atoms with Gasteiger partial charge in [-0.25, -0.2) is 0 Å². The molecule has 0 aliphatic heterocycles. The van der Waals surface area contributed by atoms with Gasteiger partial charge in [0.05, 0.1) is 0 Å². The van der Waals surface area contributed by atoms with E-state index in [1.165, 1.54) is 0 Å². The summed E-state index contributed by atoms with van der Waals surface area (Å²) in [7, 11) is -4.19. The van der Waals surface area contributed by atoms with E-state index in [-0.39, 0.29) is 0 Å². The van der Waals surface area contributed by atoms with Gasteiger partial charge in [0.25, 0.3) is 5.16 Å². The van der Waals surface area contributed by atoms with Gasteiger partial charge in [-0.2, -0.15) is 8.42 Å². The summed E-state index contributed by atoms with van der Waals surface area (Å²) in [4.78, 5) is 2.12. The van der Waals surface area contributed by atoms with Gasteiger partial charge in [0.15, 0.2) is 0 Å². The second-order valence-electron chi connectivity index (χ2n) is 1.27. The molecular weight excluding hydrogens is 146 g/mol. The molecule has 6 nitrogen and oxygen atoms in total. The predicted octanol–water partition coefficient (Wildman–Crippen LogP) is -0.949. The Balaban J connectivity index is 3.20. The average Bonchev–Trinajstić information content (AvgIpc) is 2.08. The van der Waals surface area contributed by atoms with Gasteiger partial charge in [-0.3, -0.25) is 4.55 Å². The highest BCUT2D eigenvalue weighted by Gasteiger charge is 2.11. The van der Waals surface area contributed by atoms with E-state index in [0.717, 1.165) is 6.33 Å². The van der Waals surface area contributed by atoms with Gasteiger partial charge >= 0.3 is 10.1 Å². The van der Waals surface area contributed by atoms with Gasteiger partial charge in [0.1, 0.15) is 6.33 Å². The molecule has 0 atom stereocenters. The summed E-state index contributed by atoms with van der Waals surface area (Å²) in [5, 5.41) is 5.65. The lowest BCUT2D eigenvalue weighted by atomic mass is 11.3. The molecule has 9 heavy (non-hydrogen) atoms. The van der Waals surface area contributed by atoms with Gasteiger partial charge in [0.2, 0.25) is 0 Å². The van der Waals surface area contributed by atoms with E-state index in [1.807, 2.05) is 0 Å². The minimum absolute atomic E-state index is 0.539. The summed E-state index contributed by atoms with van der Waals surface area (Å²) in [6.45, 7) is 0. The van der Waals surface area contributed by atoms with E-state index in [0.29, 0.717) is 0 Å². The molecule has 0 aliphatic carbocycles. The Morgan fingerprint density at radius 3 is 2.56 bits per heavy atom. The standard InChI is InChI=1S/C2H3N3O3S/c6-9(7,8)2-3-1-4-5-2/h1H,(H,3,4,5)(H,6,7,8). The Labute approximate surface area is 50.7 Å². The summed E-state index contributed by atoms with van der Waals surface area (Å²) < 4.78 is 28.4. The van der Waals surface area contributed by atoms with Crippen molar-refractivity contribution in [2.24, 2.45) is 0 Å². The molecule has 0 amide bonds. The van der Waals surface area contributed by atoms with Gasteiger partial charge in [-0.1, -0.05) is 0 Å². The lowest BCUT2D eigenvalue weighted by Gasteiger charge is -1.83. The highest BCUT2D eigenvalue weighted by molar-refractivity contribution is 7.85. The summed E-state index contributed by atoms with van der Waals surface area (Å²) in [6, 6.07) is 0. The van der Waals surface area contributed by atoms with Gasteiger partial charge in [-0.05, 0) is 0 Å². The zero-order chi connectivity index (χ0) is 6.91. The van der Waals surface area contributed by atoms with E-state index in [2.05, 4.69) is 15.2 Å². The highest BCUT2D eigenvalue weighted by Crippen LogP contribution is 1.94. The van der Waals surface area contributed by atoms with Crippen molar-refractivity contribution in [1.82, 2.24) is 15.2 Å². The fourth-order valence-electron chi connectivity index (χ4n) is 0.320. The molecule has 0 bridgehead atoms. The maximum absolute atomic E-state index is 10.1. The quantitative estimate of drug-likeness (QED) is 0.502. The Morgan fingerprint density at radius 2 is 2.33 bits per heavy atom. The molecule has 0 saturated carbocycles. The Bertz CT molecular complexity index is 274. The first-order valence-electron chi connectivity index (χ1n) is 1.94. The lowest BCUT2D eigenvalue weighted by Crippen LogP contribution is -1.99. The molecule has 0 spiro atoms. The average molecular weight is 149 g/mol. The van der Waals surface area contributed by atoms with Crippen LogP contribution < -0.4 is 0 Å². The van der Waals surface area contributed by atoms with Gasteiger partial charge in [-0.15, -0.1) is 10.2 Å². The van der Waals surface area contributed by atoms with Crippen molar-refractivity contribution in [3.63, 3.8) is 0 Å². The molecule has 2 N–H and O–H groups in total. The SMILES string of the molecule is O=S(=O)(O)c1nnc[nH]1. The zero-order valence-electron chi connectivity index (χ0n) is 4.14. The minimum Gasteiger partial charge on any atom is -0.316 e. The normalized spacial score (nSPS) is 11.7. The summed E-state index contributed by atoms with van der Waals surface area (Å²) in [6.07, 6.45) is 1.06. The van der Waals surface area contributed by atoms with Crippen LogP contribution in [0, 0.1) is 0 Å². The largest absolute Gasteiger partial charge is 0.330 e. The number of H-pyrrole nitrogens is 1. The molecule has 0 radical (unpaired) electrons. The topological polar surface area (TPSA) is 95.9 Å². The molecule has 0 unspecified atom stereocenters. The van der Waals surface area contributed by atoms with E-state index < -0.39 is 15.3 Å². The molecule has 1 aromatic heterocycles. The second-order valence-corrected chi connectivity index (χ2v) is 2.61. The Hall–Kier alpha value is -0.950. The van der Waals surface area contributed by atoms with Gasteiger partial charge < -0.3 is 4.98 Å². The number of aromatic amines is 1. The van der Waals surface area contributed by atoms with Crippen LogP contribution in [-0.2, 0) is 10.1 Å². The number of rotatable bonds is 1. The van der Waals surface area contributed by atoms with E-state index >= 15 is 0 Å². The fraction of sp³-hybridized carbons (Fsp3) is 0. The molecule has 7 heteroatoms. The fourth-order valence-corrected chi connectivity index (χ4v) is 0.672. The lowest BCUT2D eigenvalue weighted by molar-refractivity contribution is 0.475. The van der Waals surface area contributed by atoms with Crippen LogP contribution >= 0.6 is 0 Å². The molecule has 1 aromatic rings. The first-order valence-corrected chi connectivity index (χ1v) is 3.38. The van der Waals surface area contributed by atoms with Crippen LogP contribution in [-0.4, -0.2) is 28.2 Å². The third-order valence-corrected chi connectivity index (χ3v) is 1.33. The molecule has 0 fully saturated rings. The molecular formula is C2H3N3O3S. The molecule has 0 aliphatic rings. The third kappa shape index (κ3) is 1.24. The van der Waals surface area contributed by atoms with Crippen molar-refractivity contribution >= 4 is 10.1 Å². The van der Waals surface area contributed by atoms with Crippen LogP contribution in [0.1, 0.15) is 0 Å². The first-order chi connectivity index (χ1) is 4.11. The van der Waals surface area contributed by atoms with Crippen molar-refractivity contribution in [3.8, 4) is 0 Å². The van der Waals surface area contributed by atoms with Crippen molar-refractivity contribution in [2.45, 2.75) is 5.16 Å². The van der Waals surface area contributed by atoms with Crippen molar-refractivity contribution < 1.29 is 13.0 Å². The summed E-state index contributed by atoms with van der Waals surface area (Å²) in [5.41, 5.74) is 0. The van der Waals surface area contributed by atoms with Gasteiger partial charge in [0, 0.05) is 0 Å². The van der Waals surface area contributed by atoms with Crippen molar-refractivity contribution in [2.75, 3.05) is 0 Å². The second kappa shape index (κ2) is 1.78. The Morgan fingerprint density at radius 1 is 1.67 bits per heavy atom. The summed E-state index contributed by atoms with van der Waals surface area (Å²) >= 11 is 0. The van der Waals surface area contributed by atoms with E-state index in [4.69, 9.17) is 4.55 Å². The van der Waals surface area contributed by atoms with E-state index in [1.54, 1.807) is 0 Å². The monoisotopic (exact) mass is 149 g/mol. The zero-order valence-corrected chi connectivity index (χ0v) is 4.96. The molecule has 1 rings (SSSR count). The third-order valence-electron chi connectivity index (χ3n) is 0.639. The van der Waals surface area contributed by atoms with Crippen LogP contribution in [0.4, 0.5) is 0 Å². The minimum atomic E-state index is -4.19. The number of hydrogen-bond acceptors (Lipinski definition) is 4. The maximum Gasteiger partial charge on any atom is 0.330 e. The Kier molecular flexibility index (Phi) is 1.22. The van der Waals surface area contributed by atoms with Crippen LogP contribution in [0.3, 0.4) is 0 Å².